The predicted octanol–water partition coefficient (Wildman–Crippen LogP) is 2.84. The van der Waals surface area contributed by atoms with Crippen molar-refractivity contribution in [1.29, 1.82) is 0 Å². The minimum atomic E-state index is -0.868. The summed E-state index contributed by atoms with van der Waals surface area (Å²) >= 11 is 0. The third-order valence-electron chi connectivity index (χ3n) is 3.12. The maximum Gasteiger partial charge on any atom is 0.335 e. The number of hydrogen-bond acceptors (Lipinski definition) is 2. The molecule has 15 heavy (non-hydrogen) atoms. The van der Waals surface area contributed by atoms with Crippen molar-refractivity contribution < 1.29 is 14.6 Å². The lowest BCUT2D eigenvalue weighted by molar-refractivity contribution is -0.171. The molecule has 1 rings (SSSR count). The van der Waals surface area contributed by atoms with Gasteiger partial charge >= 0.3 is 5.97 Å². The first-order chi connectivity index (χ1) is 7.07. The Bertz CT molecular complexity index is 205. The van der Waals surface area contributed by atoms with Crippen molar-refractivity contribution in [2.75, 3.05) is 6.61 Å². The third-order valence-corrected chi connectivity index (χ3v) is 3.12. The molecule has 0 aromatic carbocycles. The molecule has 0 aromatic rings. The van der Waals surface area contributed by atoms with E-state index < -0.39 is 11.6 Å². The lowest BCUT2D eigenvalue weighted by Crippen LogP contribution is -2.43. The summed E-state index contributed by atoms with van der Waals surface area (Å²) in [5, 5.41) is 9.23. The van der Waals surface area contributed by atoms with Crippen molar-refractivity contribution in [3.8, 4) is 0 Å². The van der Waals surface area contributed by atoms with E-state index in [2.05, 4.69) is 13.8 Å². The topological polar surface area (TPSA) is 46.5 Å². The van der Waals surface area contributed by atoms with Crippen LogP contribution in [-0.2, 0) is 9.53 Å². The first-order valence-electron chi connectivity index (χ1n) is 5.94. The van der Waals surface area contributed by atoms with E-state index in [1.54, 1.807) is 0 Å². The normalized spacial score (nSPS) is 20.5. The van der Waals surface area contributed by atoms with Crippen LogP contribution in [0.1, 0.15) is 52.4 Å². The SMILES string of the molecule is CC(C)CCOC1(C(=O)O)CCCCC1. The Hall–Kier alpha value is -0.570. The van der Waals surface area contributed by atoms with Gasteiger partial charge < -0.3 is 9.84 Å². The van der Waals surface area contributed by atoms with Crippen LogP contribution in [0, 0.1) is 5.92 Å². The molecule has 1 N–H and O–H groups in total. The van der Waals surface area contributed by atoms with E-state index in [9.17, 15) is 9.90 Å². The van der Waals surface area contributed by atoms with E-state index in [0.717, 1.165) is 25.7 Å². The minimum absolute atomic E-state index is 0.569. The van der Waals surface area contributed by atoms with Crippen LogP contribution in [0.15, 0.2) is 0 Å². The van der Waals surface area contributed by atoms with Gasteiger partial charge in [-0.25, -0.2) is 4.79 Å². The highest BCUT2D eigenvalue weighted by Crippen LogP contribution is 2.32. The van der Waals surface area contributed by atoms with Crippen LogP contribution in [0.5, 0.6) is 0 Å². The number of ether oxygens (including phenoxy) is 1. The molecule has 3 heteroatoms. The number of carbonyl (C=O) groups is 1. The summed E-state index contributed by atoms with van der Waals surface area (Å²) in [7, 11) is 0. The predicted molar refractivity (Wildman–Crippen MR) is 58.9 cm³/mol. The van der Waals surface area contributed by atoms with E-state index in [1.807, 2.05) is 0 Å². The first-order valence-corrected chi connectivity index (χ1v) is 5.94. The van der Waals surface area contributed by atoms with E-state index >= 15 is 0 Å². The molecule has 0 unspecified atom stereocenters. The van der Waals surface area contributed by atoms with Gasteiger partial charge in [0, 0.05) is 6.61 Å². The van der Waals surface area contributed by atoms with Crippen LogP contribution in [0.3, 0.4) is 0 Å². The standard InChI is InChI=1S/C12H22O3/c1-10(2)6-9-15-12(11(13)14)7-4-3-5-8-12/h10H,3-9H2,1-2H3,(H,13,14). The molecule has 0 atom stereocenters. The Kier molecular flexibility index (Phi) is 4.58. The van der Waals surface area contributed by atoms with E-state index in [0.29, 0.717) is 25.4 Å². The molecule has 1 aliphatic carbocycles. The summed E-state index contributed by atoms with van der Waals surface area (Å²) < 4.78 is 5.64. The number of carboxylic acid groups (broad SMARTS) is 1. The van der Waals surface area contributed by atoms with Crippen molar-refractivity contribution in [1.82, 2.24) is 0 Å². The smallest absolute Gasteiger partial charge is 0.335 e. The van der Waals surface area contributed by atoms with Gasteiger partial charge in [0.1, 0.15) is 0 Å². The number of hydrogen-bond donors (Lipinski definition) is 1. The second-order valence-corrected chi connectivity index (χ2v) is 4.89. The van der Waals surface area contributed by atoms with Crippen LogP contribution in [0.2, 0.25) is 0 Å². The molecule has 0 aromatic heterocycles. The van der Waals surface area contributed by atoms with Gasteiger partial charge in [-0.15, -0.1) is 0 Å². The molecule has 0 bridgehead atoms. The Morgan fingerprint density at radius 3 is 2.40 bits per heavy atom. The quantitative estimate of drug-likeness (QED) is 0.765. The van der Waals surface area contributed by atoms with Gasteiger partial charge in [-0.1, -0.05) is 20.3 Å². The van der Waals surface area contributed by atoms with Crippen LogP contribution in [0.25, 0.3) is 0 Å². The summed E-state index contributed by atoms with van der Waals surface area (Å²) in [6.45, 7) is 4.82. The Labute approximate surface area is 91.8 Å². The monoisotopic (exact) mass is 214 g/mol. The molecule has 0 radical (unpaired) electrons. The number of carboxylic acids is 1. The van der Waals surface area contributed by atoms with Crippen LogP contribution >= 0.6 is 0 Å². The first kappa shape index (κ1) is 12.5. The van der Waals surface area contributed by atoms with Crippen LogP contribution < -0.4 is 0 Å². The van der Waals surface area contributed by atoms with Crippen LogP contribution in [-0.4, -0.2) is 23.3 Å². The minimum Gasteiger partial charge on any atom is -0.479 e. The maximum absolute atomic E-state index is 11.2. The van der Waals surface area contributed by atoms with Crippen molar-refractivity contribution in [3.05, 3.63) is 0 Å². The summed E-state index contributed by atoms with van der Waals surface area (Å²) in [4.78, 5) is 11.2. The summed E-state index contributed by atoms with van der Waals surface area (Å²) in [6.07, 6.45) is 5.40. The Balaban J connectivity index is 2.46. The largest absolute Gasteiger partial charge is 0.479 e. The van der Waals surface area contributed by atoms with Crippen molar-refractivity contribution in [2.24, 2.45) is 5.92 Å². The second-order valence-electron chi connectivity index (χ2n) is 4.89. The maximum atomic E-state index is 11.2. The lowest BCUT2D eigenvalue weighted by atomic mass is 9.84. The number of aliphatic carboxylic acids is 1. The molecular weight excluding hydrogens is 192 g/mol. The van der Waals surface area contributed by atoms with Crippen molar-refractivity contribution in [3.63, 3.8) is 0 Å². The summed E-state index contributed by atoms with van der Waals surface area (Å²) in [5.41, 5.74) is -0.868. The van der Waals surface area contributed by atoms with Gasteiger partial charge in [0.05, 0.1) is 0 Å². The molecule has 1 aliphatic rings. The summed E-state index contributed by atoms with van der Waals surface area (Å²) in [6, 6.07) is 0. The van der Waals surface area contributed by atoms with Crippen molar-refractivity contribution >= 4 is 5.97 Å². The van der Waals surface area contributed by atoms with Gasteiger partial charge in [0.2, 0.25) is 0 Å². The average molecular weight is 214 g/mol. The molecule has 0 saturated heterocycles. The molecule has 0 spiro atoms. The van der Waals surface area contributed by atoms with Gasteiger partial charge in [-0.3, -0.25) is 0 Å². The molecule has 1 saturated carbocycles. The second kappa shape index (κ2) is 5.50. The Morgan fingerprint density at radius 1 is 1.33 bits per heavy atom. The third kappa shape index (κ3) is 3.49. The fourth-order valence-electron chi connectivity index (χ4n) is 2.03. The van der Waals surface area contributed by atoms with E-state index in [1.165, 1.54) is 0 Å². The van der Waals surface area contributed by atoms with Crippen LogP contribution in [0.4, 0.5) is 0 Å². The molecule has 88 valence electrons. The highest BCUT2D eigenvalue weighted by Gasteiger charge is 2.40. The molecule has 0 heterocycles. The molecule has 3 nitrogen and oxygen atoms in total. The number of rotatable bonds is 5. The highest BCUT2D eigenvalue weighted by atomic mass is 16.5. The Morgan fingerprint density at radius 2 is 1.93 bits per heavy atom. The fraction of sp³-hybridized carbons (Fsp3) is 0.917. The highest BCUT2D eigenvalue weighted by molar-refractivity contribution is 5.77. The zero-order chi connectivity index (χ0) is 11.3. The van der Waals surface area contributed by atoms with E-state index in [4.69, 9.17) is 4.74 Å². The molecular formula is C12H22O3. The molecule has 1 fully saturated rings. The zero-order valence-electron chi connectivity index (χ0n) is 9.79. The lowest BCUT2D eigenvalue weighted by Gasteiger charge is -2.33. The van der Waals surface area contributed by atoms with E-state index in [-0.39, 0.29) is 0 Å². The van der Waals surface area contributed by atoms with Gasteiger partial charge in [0.25, 0.3) is 0 Å². The van der Waals surface area contributed by atoms with Crippen molar-refractivity contribution in [2.45, 2.75) is 58.0 Å². The average Bonchev–Trinajstić information content (AvgIpc) is 2.18. The molecule has 0 aliphatic heterocycles. The fourth-order valence-corrected chi connectivity index (χ4v) is 2.03. The summed E-state index contributed by atoms with van der Waals surface area (Å²) in [5.74, 6) is -0.203. The van der Waals surface area contributed by atoms with Gasteiger partial charge in [0.15, 0.2) is 5.60 Å². The molecule has 0 amide bonds. The van der Waals surface area contributed by atoms with Gasteiger partial charge in [-0.05, 0) is 38.0 Å². The zero-order valence-corrected chi connectivity index (χ0v) is 9.79. The van der Waals surface area contributed by atoms with Gasteiger partial charge in [-0.2, -0.15) is 0 Å².